The minimum absolute atomic E-state index is 0. The Hall–Kier alpha value is -1.04. The third-order valence-corrected chi connectivity index (χ3v) is 0.667. The Bertz CT molecular complexity index is 162. The van der Waals surface area contributed by atoms with E-state index < -0.39 is 0 Å². The summed E-state index contributed by atoms with van der Waals surface area (Å²) in [4.78, 5) is 0. The monoisotopic (exact) mass is 217 g/mol. The van der Waals surface area contributed by atoms with Crippen LogP contribution in [0.5, 0.6) is 0 Å². The fourth-order valence-corrected chi connectivity index (χ4v) is 0.385. The van der Waals surface area contributed by atoms with Crippen molar-refractivity contribution in [3.05, 3.63) is 56.3 Å². The SMILES string of the molecule is [C-]#[O+].[C-]#[O+].[C-]#[O+].[Mn].c1ccccc1. The topological polar surface area (TPSA) is 59.7 Å². The van der Waals surface area contributed by atoms with E-state index in [1.807, 2.05) is 36.4 Å². The van der Waals surface area contributed by atoms with E-state index in [0.29, 0.717) is 0 Å². The minimum atomic E-state index is 0. The van der Waals surface area contributed by atoms with Crippen molar-refractivity contribution in [1.82, 2.24) is 0 Å². The molecule has 67 valence electrons. The van der Waals surface area contributed by atoms with Crippen molar-refractivity contribution in [3.63, 3.8) is 0 Å². The van der Waals surface area contributed by atoms with Crippen LogP contribution in [0.3, 0.4) is 0 Å². The van der Waals surface area contributed by atoms with Crippen LogP contribution >= 0.6 is 0 Å². The first kappa shape index (κ1) is 22.7. The molecule has 13 heavy (non-hydrogen) atoms. The normalized spacial score (nSPS) is 4.15. The summed E-state index contributed by atoms with van der Waals surface area (Å²) in [5.74, 6) is 0. The first-order valence-corrected chi connectivity index (χ1v) is 2.61. The molecule has 3 nitrogen and oxygen atoms in total. The van der Waals surface area contributed by atoms with Gasteiger partial charge in [0.15, 0.2) is 0 Å². The second-order valence-electron chi connectivity index (χ2n) is 1.15. The summed E-state index contributed by atoms with van der Waals surface area (Å²) in [5, 5.41) is 0. The molecule has 0 bridgehead atoms. The van der Waals surface area contributed by atoms with Crippen molar-refractivity contribution in [2.24, 2.45) is 0 Å². The van der Waals surface area contributed by atoms with E-state index in [0.717, 1.165) is 0 Å². The van der Waals surface area contributed by atoms with Gasteiger partial charge < -0.3 is 0 Å². The van der Waals surface area contributed by atoms with Gasteiger partial charge >= 0.3 is 33.9 Å². The van der Waals surface area contributed by atoms with Gasteiger partial charge in [0.05, 0.1) is 0 Å². The molecule has 0 saturated carbocycles. The van der Waals surface area contributed by atoms with Crippen LogP contribution in [-0.4, -0.2) is 0 Å². The van der Waals surface area contributed by atoms with Crippen molar-refractivity contribution in [2.45, 2.75) is 0 Å². The van der Waals surface area contributed by atoms with Crippen molar-refractivity contribution < 1.29 is 31.0 Å². The van der Waals surface area contributed by atoms with Crippen LogP contribution in [0.2, 0.25) is 0 Å². The average Bonchev–Trinajstić information content (AvgIpc) is 2.29. The van der Waals surface area contributed by atoms with Gasteiger partial charge in [-0.1, -0.05) is 36.4 Å². The van der Waals surface area contributed by atoms with E-state index in [1.54, 1.807) is 0 Å². The van der Waals surface area contributed by atoms with Crippen molar-refractivity contribution in [3.8, 4) is 0 Å². The van der Waals surface area contributed by atoms with Crippen molar-refractivity contribution in [1.29, 1.82) is 0 Å². The van der Waals surface area contributed by atoms with Crippen molar-refractivity contribution in [2.75, 3.05) is 0 Å². The predicted molar refractivity (Wildman–Crippen MR) is 38.2 cm³/mol. The van der Waals surface area contributed by atoms with Gasteiger partial charge in [0, 0.05) is 17.1 Å². The summed E-state index contributed by atoms with van der Waals surface area (Å²) in [6.45, 7) is 13.5. The van der Waals surface area contributed by atoms with Crippen molar-refractivity contribution >= 4 is 0 Å². The Balaban J connectivity index is -0.0000000508. The third-order valence-electron chi connectivity index (χ3n) is 0.667. The van der Waals surface area contributed by atoms with E-state index >= 15 is 0 Å². The van der Waals surface area contributed by atoms with Gasteiger partial charge in [-0.3, -0.25) is 0 Å². The number of hydrogen-bond donors (Lipinski definition) is 0. The molecule has 0 aliphatic heterocycles. The van der Waals surface area contributed by atoms with Crippen LogP contribution in [0, 0.1) is 20.0 Å². The summed E-state index contributed by atoms with van der Waals surface area (Å²) in [6, 6.07) is 12.0. The van der Waals surface area contributed by atoms with Crippen LogP contribution in [0.25, 0.3) is 0 Å². The Morgan fingerprint density at radius 1 is 0.462 bits per heavy atom. The number of rotatable bonds is 0. The summed E-state index contributed by atoms with van der Waals surface area (Å²) in [6.07, 6.45) is 0. The Kier molecular flexibility index (Phi) is 77.1. The van der Waals surface area contributed by atoms with Crippen LogP contribution in [0.4, 0.5) is 0 Å². The standard InChI is InChI=1S/C6H6.3CO.Mn/c1-2-4-6-5-3-1;3*1-2;/h1-6H;;;;. The van der Waals surface area contributed by atoms with E-state index in [9.17, 15) is 0 Å². The summed E-state index contributed by atoms with van der Waals surface area (Å²) < 4.78 is 22.5. The molecule has 1 rings (SSSR count). The average molecular weight is 217 g/mol. The minimum Gasteiger partial charge on any atom is -0.0623 e. The largest absolute Gasteiger partial charge is 0.0623 e. The predicted octanol–water partition coefficient (Wildman–Crippen LogP) is 1.57. The molecule has 4 heteroatoms. The number of hydrogen-bond acceptors (Lipinski definition) is 0. The molecule has 0 aliphatic carbocycles. The molecule has 1 aromatic carbocycles. The first-order valence-electron chi connectivity index (χ1n) is 2.61. The Morgan fingerprint density at radius 2 is 0.538 bits per heavy atom. The van der Waals surface area contributed by atoms with Gasteiger partial charge in [-0.15, -0.1) is 0 Å². The summed E-state index contributed by atoms with van der Waals surface area (Å²) in [5.41, 5.74) is 0. The zero-order valence-electron chi connectivity index (χ0n) is 6.57. The van der Waals surface area contributed by atoms with Crippen LogP contribution < -0.4 is 0 Å². The molecular formula is C9H6MnO3. The molecule has 0 fully saturated rings. The molecule has 0 saturated heterocycles. The molecule has 0 amide bonds. The fourth-order valence-electron chi connectivity index (χ4n) is 0.385. The van der Waals surface area contributed by atoms with Crippen LogP contribution in [0.15, 0.2) is 36.4 Å². The van der Waals surface area contributed by atoms with Gasteiger partial charge in [0.1, 0.15) is 0 Å². The maximum atomic E-state index is 7.50. The molecule has 0 unspecified atom stereocenters. The third kappa shape index (κ3) is 35.8. The molecule has 1 aromatic rings. The zero-order valence-corrected chi connectivity index (χ0v) is 7.75. The molecule has 0 atom stereocenters. The summed E-state index contributed by atoms with van der Waals surface area (Å²) >= 11 is 0. The molecule has 0 aliphatic rings. The smallest absolute Gasteiger partial charge is 0 e. The summed E-state index contributed by atoms with van der Waals surface area (Å²) in [7, 11) is 0. The first-order chi connectivity index (χ1) is 6.00. The van der Waals surface area contributed by atoms with Gasteiger partial charge in [-0.2, -0.15) is 0 Å². The van der Waals surface area contributed by atoms with E-state index in [1.165, 1.54) is 0 Å². The second kappa shape index (κ2) is 44.2. The van der Waals surface area contributed by atoms with E-state index in [-0.39, 0.29) is 17.1 Å². The molecule has 0 aromatic heterocycles. The Labute approximate surface area is 87.8 Å². The quantitative estimate of drug-likeness (QED) is 0.360. The van der Waals surface area contributed by atoms with E-state index in [4.69, 9.17) is 14.0 Å². The molecule has 0 N–H and O–H groups in total. The van der Waals surface area contributed by atoms with Crippen LogP contribution in [-0.2, 0) is 31.0 Å². The molecule has 0 spiro atoms. The molecular weight excluding hydrogens is 211 g/mol. The van der Waals surface area contributed by atoms with Gasteiger partial charge in [0.25, 0.3) is 0 Å². The molecule has 0 heterocycles. The zero-order chi connectivity index (χ0) is 10.2. The van der Waals surface area contributed by atoms with Gasteiger partial charge in [-0.05, 0) is 0 Å². The second-order valence-corrected chi connectivity index (χ2v) is 1.15. The maximum absolute atomic E-state index is 7.50. The number of benzene rings is 1. The maximum Gasteiger partial charge on any atom is 0 e. The van der Waals surface area contributed by atoms with Crippen LogP contribution in [0.1, 0.15) is 0 Å². The Morgan fingerprint density at radius 3 is 0.615 bits per heavy atom. The van der Waals surface area contributed by atoms with E-state index in [2.05, 4.69) is 20.0 Å². The van der Waals surface area contributed by atoms with Gasteiger partial charge in [-0.25, -0.2) is 0 Å². The van der Waals surface area contributed by atoms with Gasteiger partial charge in [0.2, 0.25) is 0 Å². The molecule has 1 radical (unpaired) electrons. The fraction of sp³-hybridized carbons (Fsp3) is 0.